The average Bonchev–Trinajstić information content (AvgIpc) is 2.94. The lowest BCUT2D eigenvalue weighted by atomic mass is 9.51. The van der Waals surface area contributed by atoms with Crippen molar-refractivity contribution in [1.29, 1.82) is 0 Å². The standard InChI is InChI=1S/C19H22ClN3O/c20-15-1-2-17-22-16(10-23(17)9-15)8-21-19(24)18-13-4-11-3-12(6-13)7-14(18)5-11/h1-2,9-14,18H,3-8H2,(H,21,24). The van der Waals surface area contributed by atoms with Gasteiger partial charge in [-0.1, -0.05) is 11.6 Å². The zero-order valence-corrected chi connectivity index (χ0v) is 14.4. The fourth-order valence-corrected chi connectivity index (χ4v) is 5.92. The van der Waals surface area contributed by atoms with Crippen molar-refractivity contribution in [1.82, 2.24) is 14.7 Å². The minimum absolute atomic E-state index is 0.240. The van der Waals surface area contributed by atoms with Crippen molar-refractivity contribution in [3.63, 3.8) is 0 Å². The molecular weight excluding hydrogens is 322 g/mol. The van der Waals surface area contributed by atoms with Crippen molar-refractivity contribution in [2.24, 2.45) is 29.6 Å². The number of nitrogens with one attached hydrogen (secondary N) is 1. The Hall–Kier alpha value is -1.55. The van der Waals surface area contributed by atoms with Crippen LogP contribution < -0.4 is 5.32 Å². The van der Waals surface area contributed by atoms with Gasteiger partial charge in [0.1, 0.15) is 5.65 Å². The monoisotopic (exact) mass is 343 g/mol. The Kier molecular flexibility index (Phi) is 3.37. The Labute approximate surface area is 146 Å². The molecule has 24 heavy (non-hydrogen) atoms. The third kappa shape index (κ3) is 2.43. The second-order valence-electron chi connectivity index (χ2n) is 8.02. The quantitative estimate of drug-likeness (QED) is 0.924. The molecule has 0 saturated heterocycles. The van der Waals surface area contributed by atoms with E-state index in [2.05, 4.69) is 10.3 Å². The van der Waals surface area contributed by atoms with Gasteiger partial charge in [-0.2, -0.15) is 0 Å². The summed E-state index contributed by atoms with van der Waals surface area (Å²) in [7, 11) is 0. The molecule has 126 valence electrons. The summed E-state index contributed by atoms with van der Waals surface area (Å²) in [5.41, 5.74) is 1.74. The Morgan fingerprint density at radius 3 is 2.54 bits per heavy atom. The van der Waals surface area contributed by atoms with E-state index in [1.807, 2.05) is 28.9 Å². The number of nitrogens with zero attached hydrogens (tertiary/aromatic N) is 2. The van der Waals surface area contributed by atoms with Crippen LogP contribution in [0.25, 0.3) is 5.65 Å². The molecule has 1 N–H and O–H groups in total. The first kappa shape index (κ1) is 14.8. The van der Waals surface area contributed by atoms with Crippen LogP contribution in [0.2, 0.25) is 5.02 Å². The van der Waals surface area contributed by atoms with Gasteiger partial charge in [0.15, 0.2) is 0 Å². The van der Waals surface area contributed by atoms with Crippen LogP contribution in [-0.2, 0) is 11.3 Å². The Morgan fingerprint density at radius 2 is 1.83 bits per heavy atom. The van der Waals surface area contributed by atoms with Gasteiger partial charge in [0.2, 0.25) is 5.91 Å². The SMILES string of the molecule is O=C(NCc1cn2cc(Cl)ccc2n1)C1C2CC3CC(C2)CC1C3. The molecule has 5 heteroatoms. The van der Waals surface area contributed by atoms with Gasteiger partial charge in [-0.15, -0.1) is 0 Å². The molecule has 4 bridgehead atoms. The Balaban J connectivity index is 1.28. The number of rotatable bonds is 3. The summed E-state index contributed by atoms with van der Waals surface area (Å²) in [5, 5.41) is 3.84. The maximum atomic E-state index is 12.8. The van der Waals surface area contributed by atoms with Crippen LogP contribution in [0, 0.1) is 29.6 Å². The molecule has 4 nitrogen and oxygen atoms in total. The second kappa shape index (κ2) is 5.48. The number of amides is 1. The molecule has 4 fully saturated rings. The van der Waals surface area contributed by atoms with Gasteiger partial charge in [-0.05, 0) is 67.9 Å². The molecule has 1 amide bonds. The number of fused-ring (bicyclic) bond motifs is 1. The highest BCUT2D eigenvalue weighted by molar-refractivity contribution is 6.30. The molecule has 2 heterocycles. The predicted molar refractivity (Wildman–Crippen MR) is 92.6 cm³/mol. The maximum Gasteiger partial charge on any atom is 0.223 e. The first-order chi connectivity index (χ1) is 11.7. The number of pyridine rings is 1. The van der Waals surface area contributed by atoms with E-state index in [0.717, 1.165) is 23.2 Å². The third-order valence-electron chi connectivity index (χ3n) is 6.44. The highest BCUT2D eigenvalue weighted by Crippen LogP contribution is 2.56. The van der Waals surface area contributed by atoms with Gasteiger partial charge in [0.25, 0.3) is 0 Å². The molecule has 4 saturated carbocycles. The van der Waals surface area contributed by atoms with Crippen LogP contribution in [0.15, 0.2) is 24.5 Å². The van der Waals surface area contributed by atoms with E-state index in [9.17, 15) is 4.79 Å². The molecule has 0 spiro atoms. The van der Waals surface area contributed by atoms with Crippen molar-refractivity contribution in [2.45, 2.75) is 38.6 Å². The van der Waals surface area contributed by atoms with Crippen molar-refractivity contribution in [3.8, 4) is 0 Å². The average molecular weight is 344 g/mol. The van der Waals surface area contributed by atoms with Gasteiger partial charge in [-0.25, -0.2) is 4.98 Å². The van der Waals surface area contributed by atoms with E-state index < -0.39 is 0 Å². The van der Waals surface area contributed by atoms with E-state index in [4.69, 9.17) is 11.6 Å². The van der Waals surface area contributed by atoms with Gasteiger partial charge in [0, 0.05) is 18.3 Å². The van der Waals surface area contributed by atoms with Gasteiger partial charge >= 0.3 is 0 Å². The first-order valence-corrected chi connectivity index (χ1v) is 9.44. The normalized spacial score (nSPS) is 34.0. The number of imidazole rings is 1. The molecule has 4 aliphatic rings. The molecule has 0 radical (unpaired) electrons. The van der Waals surface area contributed by atoms with Gasteiger partial charge < -0.3 is 9.72 Å². The summed E-state index contributed by atoms with van der Waals surface area (Å²) in [4.78, 5) is 17.4. The number of halogens is 1. The van der Waals surface area contributed by atoms with Gasteiger partial charge in [-0.3, -0.25) is 4.79 Å². The molecule has 0 unspecified atom stereocenters. The Morgan fingerprint density at radius 1 is 1.12 bits per heavy atom. The number of carbonyl (C=O) groups is 1. The van der Waals surface area contributed by atoms with Crippen LogP contribution in [0.1, 0.15) is 37.8 Å². The number of carbonyl (C=O) groups excluding carboxylic acids is 1. The zero-order chi connectivity index (χ0) is 16.3. The fraction of sp³-hybridized carbons (Fsp3) is 0.579. The van der Waals surface area contributed by atoms with Crippen LogP contribution in [0.5, 0.6) is 0 Å². The van der Waals surface area contributed by atoms with Crippen molar-refractivity contribution >= 4 is 23.2 Å². The fourth-order valence-electron chi connectivity index (χ4n) is 5.75. The number of hydrogen-bond acceptors (Lipinski definition) is 2. The van der Waals surface area contributed by atoms with Crippen molar-refractivity contribution < 1.29 is 4.79 Å². The van der Waals surface area contributed by atoms with Crippen molar-refractivity contribution in [3.05, 3.63) is 35.2 Å². The number of aromatic nitrogens is 2. The molecule has 2 aromatic rings. The maximum absolute atomic E-state index is 12.8. The van der Waals surface area contributed by atoms with E-state index in [-0.39, 0.29) is 11.8 Å². The zero-order valence-electron chi connectivity index (χ0n) is 13.6. The summed E-state index contributed by atoms with van der Waals surface area (Å²) in [6, 6.07) is 3.73. The molecule has 2 aromatic heterocycles. The predicted octanol–water partition coefficient (Wildman–Crippen LogP) is 3.68. The van der Waals surface area contributed by atoms with Crippen LogP contribution >= 0.6 is 11.6 Å². The summed E-state index contributed by atoms with van der Waals surface area (Å²) >= 11 is 6.01. The largest absolute Gasteiger partial charge is 0.350 e. The van der Waals surface area contributed by atoms with E-state index in [1.165, 1.54) is 32.1 Å². The molecule has 0 aromatic carbocycles. The lowest BCUT2D eigenvalue weighted by Crippen LogP contribution is -2.50. The topological polar surface area (TPSA) is 46.4 Å². The summed E-state index contributed by atoms with van der Waals surface area (Å²) in [6.45, 7) is 0.501. The van der Waals surface area contributed by atoms with Gasteiger partial charge in [0.05, 0.1) is 17.3 Å². The lowest BCUT2D eigenvalue weighted by Gasteiger charge is -2.53. The minimum atomic E-state index is 0.240. The smallest absolute Gasteiger partial charge is 0.223 e. The summed E-state index contributed by atoms with van der Waals surface area (Å²) in [6.07, 6.45) is 10.3. The Bertz CT molecular complexity index is 771. The van der Waals surface area contributed by atoms with E-state index in [0.29, 0.717) is 23.4 Å². The molecule has 4 aliphatic carbocycles. The minimum Gasteiger partial charge on any atom is -0.350 e. The number of hydrogen-bond donors (Lipinski definition) is 1. The second-order valence-corrected chi connectivity index (χ2v) is 8.46. The highest BCUT2D eigenvalue weighted by Gasteiger charge is 2.50. The molecule has 6 rings (SSSR count). The van der Waals surface area contributed by atoms with E-state index in [1.54, 1.807) is 0 Å². The van der Waals surface area contributed by atoms with Crippen molar-refractivity contribution in [2.75, 3.05) is 0 Å². The third-order valence-corrected chi connectivity index (χ3v) is 6.66. The molecule has 0 atom stereocenters. The lowest BCUT2D eigenvalue weighted by molar-refractivity contribution is -0.138. The van der Waals surface area contributed by atoms with Crippen LogP contribution in [0.3, 0.4) is 0 Å². The molecule has 0 aliphatic heterocycles. The van der Waals surface area contributed by atoms with E-state index >= 15 is 0 Å². The first-order valence-electron chi connectivity index (χ1n) is 9.06. The summed E-state index contributed by atoms with van der Waals surface area (Å²) < 4.78 is 1.91. The molecular formula is C19H22ClN3O. The van der Waals surface area contributed by atoms with Crippen LogP contribution in [-0.4, -0.2) is 15.3 Å². The van der Waals surface area contributed by atoms with Crippen LogP contribution in [0.4, 0.5) is 0 Å². The summed E-state index contributed by atoms with van der Waals surface area (Å²) in [5.74, 6) is 3.55. The highest BCUT2D eigenvalue weighted by atomic mass is 35.5.